The Labute approximate surface area is 136 Å². The molecular weight excluding hydrogens is 331 g/mol. The van der Waals surface area contributed by atoms with Gasteiger partial charge in [0.1, 0.15) is 0 Å². The number of nitrogen functional groups attached to an aromatic ring is 1. The van der Waals surface area contributed by atoms with Crippen LogP contribution in [0.5, 0.6) is 0 Å². The molecule has 3 N–H and O–H groups in total. The number of imidazole rings is 1. The molecule has 1 aromatic heterocycles. The monoisotopic (exact) mass is 344 g/mol. The molecule has 0 aliphatic heterocycles. The Morgan fingerprint density at radius 2 is 2.10 bits per heavy atom. The van der Waals surface area contributed by atoms with Crippen LogP contribution in [-0.4, -0.2) is 21.2 Å². The van der Waals surface area contributed by atoms with Crippen LogP contribution in [0.15, 0.2) is 29.7 Å². The van der Waals surface area contributed by atoms with Gasteiger partial charge in [0.15, 0.2) is 5.16 Å². The highest BCUT2D eigenvalue weighted by Crippen LogP contribution is 2.32. The number of rotatable bonds is 5. The molecule has 1 heterocycles. The number of nitrogens with two attached hydrogens (primary N) is 1. The summed E-state index contributed by atoms with van der Waals surface area (Å²) in [6, 6.07) is 3.09. The van der Waals surface area contributed by atoms with E-state index in [0.29, 0.717) is 33.6 Å². The molecule has 0 fully saturated rings. The van der Waals surface area contributed by atoms with Crippen LogP contribution in [0.2, 0.25) is 10.0 Å². The lowest BCUT2D eigenvalue weighted by Crippen LogP contribution is -2.13. The van der Waals surface area contributed by atoms with Crippen molar-refractivity contribution >= 4 is 52.2 Å². The number of thioether (sulfide) groups is 1. The number of aryl methyl sites for hydroxylation is 1. The second-order valence-electron chi connectivity index (χ2n) is 4.33. The topological polar surface area (TPSA) is 72.9 Å². The number of amides is 1. The Morgan fingerprint density at radius 1 is 1.43 bits per heavy atom. The molecule has 8 heteroatoms. The fraction of sp³-hybridized carbons (Fsp3) is 0.231. The average Bonchev–Trinajstić information content (AvgIpc) is 2.80. The Balaban J connectivity index is 1.89. The van der Waals surface area contributed by atoms with Crippen molar-refractivity contribution in [2.45, 2.75) is 11.6 Å². The summed E-state index contributed by atoms with van der Waals surface area (Å²) in [6.45, 7) is 0. The molecule has 2 rings (SSSR count). The van der Waals surface area contributed by atoms with Crippen molar-refractivity contribution in [3.05, 3.63) is 34.6 Å². The van der Waals surface area contributed by atoms with Crippen molar-refractivity contribution in [2.75, 3.05) is 16.8 Å². The van der Waals surface area contributed by atoms with Crippen LogP contribution in [-0.2, 0) is 11.8 Å². The summed E-state index contributed by atoms with van der Waals surface area (Å²) >= 11 is 13.5. The minimum atomic E-state index is -0.162. The molecule has 0 saturated carbocycles. The third-order valence-corrected chi connectivity index (χ3v) is 4.32. The number of halogens is 2. The summed E-state index contributed by atoms with van der Waals surface area (Å²) in [5.41, 5.74) is 6.45. The minimum Gasteiger partial charge on any atom is -0.399 e. The number of hydrogen-bond acceptors (Lipinski definition) is 4. The Morgan fingerprint density at radius 3 is 2.67 bits per heavy atom. The quantitative estimate of drug-likeness (QED) is 0.643. The molecule has 1 amide bonds. The first kappa shape index (κ1) is 16.0. The second kappa shape index (κ2) is 7.06. The number of aromatic nitrogens is 2. The van der Waals surface area contributed by atoms with Gasteiger partial charge in [-0.1, -0.05) is 35.0 Å². The van der Waals surface area contributed by atoms with E-state index in [9.17, 15) is 4.79 Å². The van der Waals surface area contributed by atoms with E-state index >= 15 is 0 Å². The summed E-state index contributed by atoms with van der Waals surface area (Å²) in [7, 11) is 1.91. The van der Waals surface area contributed by atoms with Gasteiger partial charge in [0, 0.05) is 37.3 Å². The summed E-state index contributed by atoms with van der Waals surface area (Å²) in [6.07, 6.45) is 3.90. The molecule has 0 spiro atoms. The fourth-order valence-corrected chi connectivity index (χ4v) is 3.11. The fourth-order valence-electron chi connectivity index (χ4n) is 1.64. The van der Waals surface area contributed by atoms with Crippen molar-refractivity contribution < 1.29 is 4.79 Å². The molecule has 0 saturated heterocycles. The number of nitrogens with zero attached hydrogens (tertiary/aromatic N) is 2. The Kier molecular flexibility index (Phi) is 5.39. The molecule has 0 aliphatic rings. The lowest BCUT2D eigenvalue weighted by molar-refractivity contribution is -0.115. The molecule has 5 nitrogen and oxygen atoms in total. The van der Waals surface area contributed by atoms with Gasteiger partial charge in [-0.3, -0.25) is 4.79 Å². The Bertz CT molecular complexity index is 636. The average molecular weight is 345 g/mol. The van der Waals surface area contributed by atoms with E-state index in [-0.39, 0.29) is 5.91 Å². The second-order valence-corrected chi connectivity index (χ2v) is 6.20. The van der Waals surface area contributed by atoms with Gasteiger partial charge in [-0.2, -0.15) is 0 Å². The number of carbonyl (C=O) groups is 1. The summed E-state index contributed by atoms with van der Waals surface area (Å²) in [5.74, 6) is 0.450. The summed E-state index contributed by atoms with van der Waals surface area (Å²) in [4.78, 5) is 16.1. The smallest absolute Gasteiger partial charge is 0.225 e. The van der Waals surface area contributed by atoms with E-state index in [1.54, 1.807) is 18.3 Å². The van der Waals surface area contributed by atoms with Crippen molar-refractivity contribution in [3.63, 3.8) is 0 Å². The van der Waals surface area contributed by atoms with Gasteiger partial charge in [0.05, 0.1) is 15.7 Å². The zero-order chi connectivity index (χ0) is 15.4. The maximum absolute atomic E-state index is 11.9. The van der Waals surface area contributed by atoms with E-state index in [1.165, 1.54) is 11.8 Å². The van der Waals surface area contributed by atoms with Gasteiger partial charge < -0.3 is 15.6 Å². The van der Waals surface area contributed by atoms with Crippen LogP contribution in [0.3, 0.4) is 0 Å². The number of anilines is 2. The third-order valence-electron chi connectivity index (χ3n) is 2.67. The summed E-state index contributed by atoms with van der Waals surface area (Å²) < 4.78 is 1.90. The largest absolute Gasteiger partial charge is 0.399 e. The minimum absolute atomic E-state index is 0.162. The van der Waals surface area contributed by atoms with E-state index in [4.69, 9.17) is 28.9 Å². The third kappa shape index (κ3) is 4.30. The van der Waals surface area contributed by atoms with Crippen LogP contribution in [0.4, 0.5) is 11.4 Å². The number of nitrogens with one attached hydrogen (secondary N) is 1. The SMILES string of the molecule is Cn1ccnc1SCCC(=O)Nc1c(Cl)cc(N)cc1Cl. The van der Waals surface area contributed by atoms with Gasteiger partial charge in [-0.05, 0) is 12.1 Å². The van der Waals surface area contributed by atoms with Crippen molar-refractivity contribution in [1.29, 1.82) is 0 Å². The van der Waals surface area contributed by atoms with E-state index in [2.05, 4.69) is 10.3 Å². The highest BCUT2D eigenvalue weighted by atomic mass is 35.5. The van der Waals surface area contributed by atoms with Crippen molar-refractivity contribution in [2.24, 2.45) is 7.05 Å². The van der Waals surface area contributed by atoms with Gasteiger partial charge in [-0.15, -0.1) is 0 Å². The zero-order valence-electron chi connectivity index (χ0n) is 11.3. The molecule has 0 unspecified atom stereocenters. The molecule has 112 valence electrons. The van der Waals surface area contributed by atoms with E-state index in [1.807, 2.05) is 17.8 Å². The van der Waals surface area contributed by atoms with Gasteiger partial charge in [-0.25, -0.2) is 4.98 Å². The molecule has 0 radical (unpaired) electrons. The number of carbonyl (C=O) groups excluding carboxylic acids is 1. The first-order chi connectivity index (χ1) is 9.97. The normalized spacial score (nSPS) is 10.6. The molecule has 0 bridgehead atoms. The van der Waals surface area contributed by atoms with Gasteiger partial charge in [0.25, 0.3) is 0 Å². The van der Waals surface area contributed by atoms with Crippen molar-refractivity contribution in [1.82, 2.24) is 9.55 Å². The molecule has 2 aromatic rings. The van der Waals surface area contributed by atoms with Crippen LogP contribution in [0.25, 0.3) is 0 Å². The molecule has 0 aliphatic carbocycles. The highest BCUT2D eigenvalue weighted by Gasteiger charge is 2.11. The first-order valence-electron chi connectivity index (χ1n) is 6.12. The van der Waals surface area contributed by atoms with Crippen LogP contribution < -0.4 is 11.1 Å². The zero-order valence-corrected chi connectivity index (χ0v) is 13.6. The summed E-state index contributed by atoms with van der Waals surface area (Å²) in [5, 5.41) is 4.22. The van der Waals surface area contributed by atoms with Crippen LogP contribution in [0.1, 0.15) is 6.42 Å². The standard InChI is InChI=1S/C13H14Cl2N4OS/c1-19-4-3-17-13(19)21-5-2-11(20)18-12-9(14)6-8(16)7-10(12)15/h3-4,6-7H,2,5,16H2,1H3,(H,18,20). The van der Waals surface area contributed by atoms with Crippen molar-refractivity contribution in [3.8, 4) is 0 Å². The number of hydrogen-bond donors (Lipinski definition) is 2. The first-order valence-corrected chi connectivity index (χ1v) is 7.86. The van der Waals surface area contributed by atoms with E-state index < -0.39 is 0 Å². The van der Waals surface area contributed by atoms with E-state index in [0.717, 1.165) is 5.16 Å². The lowest BCUT2D eigenvalue weighted by Gasteiger charge is -2.10. The predicted molar refractivity (Wildman–Crippen MR) is 88.1 cm³/mol. The predicted octanol–water partition coefficient (Wildman–Crippen LogP) is 3.43. The van der Waals surface area contributed by atoms with Gasteiger partial charge >= 0.3 is 0 Å². The maximum Gasteiger partial charge on any atom is 0.225 e. The molecule has 1 aromatic carbocycles. The molecular formula is C13H14Cl2N4OS. The van der Waals surface area contributed by atoms with Gasteiger partial charge in [0.2, 0.25) is 5.91 Å². The Hall–Kier alpha value is -1.37. The molecule has 21 heavy (non-hydrogen) atoms. The lowest BCUT2D eigenvalue weighted by atomic mass is 10.2. The maximum atomic E-state index is 11.9. The van der Waals surface area contributed by atoms with Crippen LogP contribution in [0, 0.1) is 0 Å². The number of benzene rings is 1. The highest BCUT2D eigenvalue weighted by molar-refractivity contribution is 7.99. The molecule has 0 atom stereocenters. The van der Waals surface area contributed by atoms with Crippen LogP contribution >= 0.6 is 35.0 Å².